The van der Waals surface area contributed by atoms with Crippen molar-refractivity contribution in [1.82, 2.24) is 4.98 Å². The Bertz CT molecular complexity index is 708. The molecule has 0 fully saturated rings. The van der Waals surface area contributed by atoms with Gasteiger partial charge in [-0.2, -0.15) is 0 Å². The van der Waals surface area contributed by atoms with Crippen molar-refractivity contribution >= 4 is 23.0 Å². The van der Waals surface area contributed by atoms with Gasteiger partial charge in [0.2, 0.25) is 0 Å². The summed E-state index contributed by atoms with van der Waals surface area (Å²) in [5, 5.41) is 6.26. The second-order valence-corrected chi connectivity index (χ2v) is 6.34. The Kier molecular flexibility index (Phi) is 7.45. The van der Waals surface area contributed by atoms with Crippen LogP contribution in [0.25, 0.3) is 0 Å². The summed E-state index contributed by atoms with van der Waals surface area (Å²) >= 11 is 0. The van der Waals surface area contributed by atoms with Crippen LogP contribution in [0.5, 0.6) is 0 Å². The fourth-order valence-electron chi connectivity index (χ4n) is 2.80. The summed E-state index contributed by atoms with van der Waals surface area (Å²) in [6, 6.07) is 9.76. The monoisotopic (exact) mass is 354 g/mol. The molecular formula is C21H30N4O. The first-order chi connectivity index (χ1) is 12.6. The SMILES string of the molecule is CCCCNc1ccc(C(=O)Nc2ccc(N(CC)CC)cc2C)nc1. The molecule has 1 aromatic heterocycles. The van der Waals surface area contributed by atoms with Crippen molar-refractivity contribution in [2.24, 2.45) is 0 Å². The number of carbonyl (C=O) groups is 1. The van der Waals surface area contributed by atoms with E-state index in [1.807, 2.05) is 25.1 Å². The molecule has 5 heteroatoms. The molecule has 0 spiro atoms. The summed E-state index contributed by atoms with van der Waals surface area (Å²) in [5.41, 5.74) is 4.39. The molecule has 26 heavy (non-hydrogen) atoms. The normalized spacial score (nSPS) is 10.5. The van der Waals surface area contributed by atoms with Gasteiger partial charge in [0.25, 0.3) is 5.91 Å². The zero-order valence-electron chi connectivity index (χ0n) is 16.3. The van der Waals surface area contributed by atoms with Crippen LogP contribution < -0.4 is 15.5 Å². The Balaban J connectivity index is 2.03. The minimum atomic E-state index is -0.191. The molecule has 2 N–H and O–H groups in total. The summed E-state index contributed by atoms with van der Waals surface area (Å²) in [5.74, 6) is -0.191. The van der Waals surface area contributed by atoms with E-state index in [4.69, 9.17) is 0 Å². The van der Waals surface area contributed by atoms with Crippen molar-refractivity contribution in [1.29, 1.82) is 0 Å². The standard InChI is InChI=1S/C21H30N4O/c1-5-8-13-22-17-9-11-20(23-15-17)21(26)24-19-12-10-18(14-16(19)4)25(6-2)7-3/h9-12,14-15,22H,5-8,13H2,1-4H3,(H,24,26). The second kappa shape index (κ2) is 9.80. The number of unbranched alkanes of at least 4 members (excludes halogenated alkanes) is 1. The van der Waals surface area contributed by atoms with E-state index < -0.39 is 0 Å². The Morgan fingerprint density at radius 2 is 1.88 bits per heavy atom. The third-order valence-electron chi connectivity index (χ3n) is 4.44. The van der Waals surface area contributed by atoms with Crippen LogP contribution in [0, 0.1) is 6.92 Å². The maximum atomic E-state index is 12.5. The van der Waals surface area contributed by atoms with Crippen molar-refractivity contribution in [2.75, 3.05) is 35.2 Å². The predicted molar refractivity (Wildman–Crippen MR) is 110 cm³/mol. The minimum Gasteiger partial charge on any atom is -0.384 e. The van der Waals surface area contributed by atoms with Gasteiger partial charge in [-0.1, -0.05) is 13.3 Å². The van der Waals surface area contributed by atoms with Crippen LogP contribution in [0.1, 0.15) is 49.7 Å². The van der Waals surface area contributed by atoms with E-state index >= 15 is 0 Å². The van der Waals surface area contributed by atoms with Crippen LogP contribution in [0.3, 0.4) is 0 Å². The van der Waals surface area contributed by atoms with Gasteiger partial charge in [0, 0.05) is 31.0 Å². The van der Waals surface area contributed by atoms with Crippen molar-refractivity contribution in [2.45, 2.75) is 40.5 Å². The van der Waals surface area contributed by atoms with Gasteiger partial charge in [-0.25, -0.2) is 4.98 Å². The van der Waals surface area contributed by atoms with E-state index in [0.717, 1.165) is 49.4 Å². The van der Waals surface area contributed by atoms with Gasteiger partial charge in [0.1, 0.15) is 5.69 Å². The van der Waals surface area contributed by atoms with E-state index in [1.165, 1.54) is 5.69 Å². The van der Waals surface area contributed by atoms with E-state index in [2.05, 4.69) is 47.4 Å². The minimum absolute atomic E-state index is 0.191. The van der Waals surface area contributed by atoms with Gasteiger partial charge >= 0.3 is 0 Å². The number of hydrogen-bond acceptors (Lipinski definition) is 4. The lowest BCUT2D eigenvalue weighted by molar-refractivity contribution is 0.102. The largest absolute Gasteiger partial charge is 0.384 e. The van der Waals surface area contributed by atoms with Crippen LogP contribution in [0.4, 0.5) is 17.1 Å². The molecule has 0 saturated carbocycles. The highest BCUT2D eigenvalue weighted by atomic mass is 16.1. The number of pyridine rings is 1. The summed E-state index contributed by atoms with van der Waals surface area (Å²) < 4.78 is 0. The zero-order chi connectivity index (χ0) is 18.9. The van der Waals surface area contributed by atoms with Crippen molar-refractivity contribution in [3.05, 3.63) is 47.8 Å². The summed E-state index contributed by atoms with van der Waals surface area (Å²) in [7, 11) is 0. The highest BCUT2D eigenvalue weighted by Gasteiger charge is 2.11. The molecule has 2 rings (SSSR count). The lowest BCUT2D eigenvalue weighted by Gasteiger charge is -2.22. The van der Waals surface area contributed by atoms with E-state index in [0.29, 0.717) is 5.69 Å². The molecular weight excluding hydrogens is 324 g/mol. The Labute approximate surface area is 156 Å². The molecule has 2 aromatic rings. The number of benzene rings is 1. The van der Waals surface area contributed by atoms with E-state index in [9.17, 15) is 4.79 Å². The predicted octanol–water partition coefficient (Wildman–Crippen LogP) is 4.70. The molecule has 5 nitrogen and oxygen atoms in total. The molecule has 0 radical (unpaired) electrons. The summed E-state index contributed by atoms with van der Waals surface area (Å²) in [4.78, 5) is 19.0. The smallest absolute Gasteiger partial charge is 0.274 e. The molecule has 140 valence electrons. The van der Waals surface area contributed by atoms with Crippen LogP contribution >= 0.6 is 0 Å². The molecule has 0 bridgehead atoms. The van der Waals surface area contributed by atoms with Crippen LogP contribution in [-0.2, 0) is 0 Å². The first-order valence-corrected chi connectivity index (χ1v) is 9.45. The van der Waals surface area contributed by atoms with Gasteiger partial charge in [0.05, 0.1) is 11.9 Å². The number of aromatic nitrogens is 1. The molecule has 0 atom stereocenters. The third-order valence-corrected chi connectivity index (χ3v) is 4.44. The number of nitrogens with zero attached hydrogens (tertiary/aromatic N) is 2. The molecule has 1 heterocycles. The van der Waals surface area contributed by atoms with Crippen LogP contribution in [-0.4, -0.2) is 30.5 Å². The first kappa shape index (κ1) is 19.8. The lowest BCUT2D eigenvalue weighted by Crippen LogP contribution is -2.22. The summed E-state index contributed by atoms with van der Waals surface area (Å²) in [6.07, 6.45) is 3.97. The average molecular weight is 354 g/mol. The van der Waals surface area contributed by atoms with Crippen molar-refractivity contribution in [3.8, 4) is 0 Å². The number of aryl methyl sites for hydroxylation is 1. The molecule has 0 unspecified atom stereocenters. The Hall–Kier alpha value is -2.56. The quantitative estimate of drug-likeness (QED) is 0.641. The lowest BCUT2D eigenvalue weighted by atomic mass is 10.1. The fraction of sp³-hybridized carbons (Fsp3) is 0.429. The zero-order valence-corrected chi connectivity index (χ0v) is 16.3. The van der Waals surface area contributed by atoms with Gasteiger partial charge in [-0.05, 0) is 63.1 Å². The van der Waals surface area contributed by atoms with Gasteiger partial charge < -0.3 is 15.5 Å². The molecule has 0 aliphatic carbocycles. The van der Waals surface area contributed by atoms with E-state index in [1.54, 1.807) is 12.3 Å². The molecule has 0 aliphatic heterocycles. The molecule has 0 aliphatic rings. The number of hydrogen-bond donors (Lipinski definition) is 2. The van der Waals surface area contributed by atoms with Gasteiger partial charge in [0.15, 0.2) is 0 Å². The topological polar surface area (TPSA) is 57.3 Å². The summed E-state index contributed by atoms with van der Waals surface area (Å²) in [6.45, 7) is 11.3. The highest BCUT2D eigenvalue weighted by Crippen LogP contribution is 2.23. The van der Waals surface area contributed by atoms with Crippen LogP contribution in [0.15, 0.2) is 36.5 Å². The first-order valence-electron chi connectivity index (χ1n) is 9.45. The third kappa shape index (κ3) is 5.22. The van der Waals surface area contributed by atoms with E-state index in [-0.39, 0.29) is 5.91 Å². The maximum Gasteiger partial charge on any atom is 0.274 e. The highest BCUT2D eigenvalue weighted by molar-refractivity contribution is 6.03. The number of rotatable bonds is 9. The number of anilines is 3. The number of nitrogens with one attached hydrogen (secondary N) is 2. The second-order valence-electron chi connectivity index (χ2n) is 6.34. The molecule has 1 aromatic carbocycles. The number of carbonyl (C=O) groups excluding carboxylic acids is 1. The van der Waals surface area contributed by atoms with Gasteiger partial charge in [-0.15, -0.1) is 0 Å². The van der Waals surface area contributed by atoms with Crippen molar-refractivity contribution < 1.29 is 4.79 Å². The van der Waals surface area contributed by atoms with Gasteiger partial charge in [-0.3, -0.25) is 4.79 Å². The maximum absolute atomic E-state index is 12.5. The Morgan fingerprint density at radius 3 is 2.46 bits per heavy atom. The van der Waals surface area contributed by atoms with Crippen LogP contribution in [0.2, 0.25) is 0 Å². The average Bonchev–Trinajstić information content (AvgIpc) is 2.65. The number of amides is 1. The molecule has 0 saturated heterocycles. The Morgan fingerprint density at radius 1 is 1.12 bits per heavy atom. The molecule has 1 amide bonds. The fourth-order valence-corrected chi connectivity index (χ4v) is 2.80. The van der Waals surface area contributed by atoms with Crippen molar-refractivity contribution in [3.63, 3.8) is 0 Å².